The summed E-state index contributed by atoms with van der Waals surface area (Å²) in [6, 6.07) is 5.47. The van der Waals surface area contributed by atoms with Gasteiger partial charge in [0.15, 0.2) is 0 Å². The molecule has 1 atom stereocenters. The second-order valence-corrected chi connectivity index (χ2v) is 5.27. The van der Waals surface area contributed by atoms with Crippen LogP contribution in [0, 0.1) is 11.3 Å². The number of nitrogens with two attached hydrogens (primary N) is 1. The number of hydrogen-bond donors (Lipinski definition) is 1. The Kier molecular flexibility index (Phi) is 5.33. The third kappa shape index (κ3) is 4.86. The van der Waals surface area contributed by atoms with Gasteiger partial charge in [0.05, 0.1) is 25.8 Å². The van der Waals surface area contributed by atoms with Gasteiger partial charge in [0.2, 0.25) is 11.7 Å². The fourth-order valence-electron chi connectivity index (χ4n) is 2.46. The Morgan fingerprint density at radius 1 is 1.62 bits per heavy atom. The second kappa shape index (κ2) is 7.22. The summed E-state index contributed by atoms with van der Waals surface area (Å²) < 4.78 is 11.1. The Morgan fingerprint density at radius 3 is 3.10 bits per heavy atom. The Morgan fingerprint density at radius 2 is 2.43 bits per heavy atom. The van der Waals surface area contributed by atoms with E-state index in [1.54, 1.807) is 6.07 Å². The molecule has 1 aliphatic rings. The fraction of sp³-hybridized carbons (Fsp3) is 0.571. The van der Waals surface area contributed by atoms with Crippen LogP contribution in [0.2, 0.25) is 0 Å². The summed E-state index contributed by atoms with van der Waals surface area (Å²) in [5, 5.41) is 8.75. The van der Waals surface area contributed by atoms with Crippen LogP contribution >= 0.6 is 0 Å². The fourth-order valence-corrected chi connectivity index (χ4v) is 2.46. The van der Waals surface area contributed by atoms with Crippen LogP contribution in [0.25, 0.3) is 0 Å². The van der Waals surface area contributed by atoms with E-state index in [9.17, 15) is 4.79 Å². The van der Waals surface area contributed by atoms with Crippen molar-refractivity contribution in [2.24, 2.45) is 5.73 Å². The summed E-state index contributed by atoms with van der Waals surface area (Å²) in [6.07, 6.45) is 0.0356. The zero-order valence-electron chi connectivity index (χ0n) is 12.1. The summed E-state index contributed by atoms with van der Waals surface area (Å²) in [7, 11) is 1.85. The molecule has 0 radical (unpaired) electrons. The van der Waals surface area contributed by atoms with Crippen molar-refractivity contribution in [1.82, 2.24) is 9.80 Å². The first-order chi connectivity index (χ1) is 10.1. The van der Waals surface area contributed by atoms with Crippen LogP contribution in [0.3, 0.4) is 0 Å². The molecule has 7 heteroatoms. The molecule has 0 aliphatic carbocycles. The number of carbonyl (C=O) groups excluding carboxylic acids is 1. The van der Waals surface area contributed by atoms with Crippen LogP contribution in [0.4, 0.5) is 0 Å². The normalized spacial score (nSPS) is 19.6. The monoisotopic (exact) mass is 292 g/mol. The van der Waals surface area contributed by atoms with E-state index >= 15 is 0 Å². The Hall–Kier alpha value is -1.88. The minimum absolute atomic E-state index is 0.0356. The van der Waals surface area contributed by atoms with Crippen LogP contribution in [-0.2, 0) is 16.1 Å². The van der Waals surface area contributed by atoms with Crippen LogP contribution in [-0.4, -0.2) is 61.6 Å². The van der Waals surface area contributed by atoms with E-state index in [2.05, 4.69) is 4.90 Å². The average molecular weight is 292 g/mol. The zero-order valence-corrected chi connectivity index (χ0v) is 12.1. The first-order valence-electron chi connectivity index (χ1n) is 6.86. The lowest BCUT2D eigenvalue weighted by Gasteiger charge is -2.34. The molecular weight excluding hydrogens is 272 g/mol. The SMILES string of the molecule is CN(CC(N)=O)C[C@H]1CN(Cc2ccc(C#N)o2)CCO1. The molecule has 1 saturated heterocycles. The summed E-state index contributed by atoms with van der Waals surface area (Å²) >= 11 is 0. The van der Waals surface area contributed by atoms with Gasteiger partial charge in [-0.3, -0.25) is 14.6 Å². The van der Waals surface area contributed by atoms with Gasteiger partial charge in [0, 0.05) is 19.6 Å². The average Bonchev–Trinajstić information content (AvgIpc) is 2.85. The van der Waals surface area contributed by atoms with Gasteiger partial charge in [-0.1, -0.05) is 0 Å². The van der Waals surface area contributed by atoms with Crippen LogP contribution in [0.5, 0.6) is 0 Å². The molecule has 2 rings (SSSR count). The van der Waals surface area contributed by atoms with Gasteiger partial charge in [-0.15, -0.1) is 0 Å². The van der Waals surface area contributed by atoms with Crippen molar-refractivity contribution in [3.8, 4) is 6.07 Å². The molecule has 7 nitrogen and oxygen atoms in total. The van der Waals surface area contributed by atoms with Crippen LogP contribution < -0.4 is 5.73 Å². The first-order valence-corrected chi connectivity index (χ1v) is 6.86. The summed E-state index contributed by atoms with van der Waals surface area (Å²) in [5.41, 5.74) is 5.17. The molecule has 1 aliphatic heterocycles. The smallest absolute Gasteiger partial charge is 0.231 e. The highest BCUT2D eigenvalue weighted by Gasteiger charge is 2.22. The number of hydrogen-bond acceptors (Lipinski definition) is 6. The topological polar surface area (TPSA) is 95.7 Å². The van der Waals surface area contributed by atoms with Crippen LogP contribution in [0.1, 0.15) is 11.5 Å². The van der Waals surface area contributed by atoms with Crippen molar-refractivity contribution in [2.75, 3.05) is 39.8 Å². The standard InChI is InChI=1S/C14H20N4O3/c1-17(10-14(16)19)7-13-9-18(4-5-20-13)8-12-3-2-11(6-15)21-12/h2-3,13H,4-5,7-10H2,1H3,(H2,16,19)/t13-/m0/s1. The minimum atomic E-state index is -0.343. The maximum absolute atomic E-state index is 10.9. The molecule has 1 amide bonds. The van der Waals surface area contributed by atoms with Crippen molar-refractivity contribution in [3.05, 3.63) is 23.7 Å². The second-order valence-electron chi connectivity index (χ2n) is 5.27. The lowest BCUT2D eigenvalue weighted by Crippen LogP contribution is -2.47. The number of amides is 1. The Labute approximate surface area is 123 Å². The lowest BCUT2D eigenvalue weighted by atomic mass is 10.2. The maximum atomic E-state index is 10.9. The van der Waals surface area contributed by atoms with Gasteiger partial charge in [0.25, 0.3) is 0 Å². The van der Waals surface area contributed by atoms with E-state index in [1.165, 1.54) is 0 Å². The molecular formula is C14H20N4O3. The summed E-state index contributed by atoms with van der Waals surface area (Å²) in [6.45, 7) is 3.75. The molecule has 0 spiro atoms. The highest BCUT2D eigenvalue weighted by molar-refractivity contribution is 5.75. The molecule has 1 aromatic heterocycles. The van der Waals surface area contributed by atoms with Crippen molar-refractivity contribution in [3.63, 3.8) is 0 Å². The number of ether oxygens (including phenoxy) is 1. The van der Waals surface area contributed by atoms with Crippen molar-refractivity contribution >= 4 is 5.91 Å². The number of carbonyl (C=O) groups is 1. The molecule has 1 aromatic rings. The van der Waals surface area contributed by atoms with Crippen LogP contribution in [0.15, 0.2) is 16.5 Å². The van der Waals surface area contributed by atoms with Crippen molar-refractivity contribution < 1.29 is 13.9 Å². The number of rotatable bonds is 6. The molecule has 0 aromatic carbocycles. The molecule has 0 unspecified atom stereocenters. The summed E-state index contributed by atoms with van der Waals surface area (Å²) in [5.74, 6) is 0.762. The number of nitriles is 1. The first kappa shape index (κ1) is 15.5. The zero-order chi connectivity index (χ0) is 15.2. The molecule has 21 heavy (non-hydrogen) atoms. The van der Waals surface area contributed by atoms with E-state index in [0.717, 1.165) is 18.8 Å². The summed E-state index contributed by atoms with van der Waals surface area (Å²) in [4.78, 5) is 15.0. The van der Waals surface area contributed by atoms with E-state index in [-0.39, 0.29) is 18.6 Å². The number of nitrogens with zero attached hydrogens (tertiary/aromatic N) is 3. The quantitative estimate of drug-likeness (QED) is 0.778. The maximum Gasteiger partial charge on any atom is 0.231 e. The number of likely N-dealkylation sites (N-methyl/N-ethyl adjacent to an activating group) is 1. The predicted octanol–water partition coefficient (Wildman–Crippen LogP) is -0.231. The molecule has 2 heterocycles. The number of primary amides is 1. The third-order valence-corrected chi connectivity index (χ3v) is 3.32. The van der Waals surface area contributed by atoms with Gasteiger partial charge in [0.1, 0.15) is 11.8 Å². The molecule has 2 N–H and O–H groups in total. The van der Waals surface area contributed by atoms with Gasteiger partial charge >= 0.3 is 0 Å². The highest BCUT2D eigenvalue weighted by Crippen LogP contribution is 2.13. The van der Waals surface area contributed by atoms with E-state index in [1.807, 2.05) is 24.1 Å². The largest absolute Gasteiger partial charge is 0.449 e. The van der Waals surface area contributed by atoms with E-state index in [4.69, 9.17) is 20.1 Å². The van der Waals surface area contributed by atoms with Crippen molar-refractivity contribution in [1.29, 1.82) is 5.26 Å². The minimum Gasteiger partial charge on any atom is -0.449 e. The number of furan rings is 1. The Balaban J connectivity index is 1.83. The van der Waals surface area contributed by atoms with Crippen molar-refractivity contribution in [2.45, 2.75) is 12.6 Å². The van der Waals surface area contributed by atoms with Gasteiger partial charge in [-0.2, -0.15) is 5.26 Å². The lowest BCUT2D eigenvalue weighted by molar-refractivity contribution is -0.119. The van der Waals surface area contributed by atoms with Gasteiger partial charge in [-0.25, -0.2) is 0 Å². The molecule has 0 saturated carbocycles. The van der Waals surface area contributed by atoms with E-state index in [0.29, 0.717) is 25.5 Å². The molecule has 0 bridgehead atoms. The van der Waals surface area contributed by atoms with E-state index < -0.39 is 0 Å². The third-order valence-electron chi connectivity index (χ3n) is 3.32. The highest BCUT2D eigenvalue weighted by atomic mass is 16.5. The predicted molar refractivity (Wildman–Crippen MR) is 75.1 cm³/mol. The number of morpholine rings is 1. The Bertz CT molecular complexity index is 523. The molecule has 1 fully saturated rings. The molecule has 114 valence electrons. The van der Waals surface area contributed by atoms with Gasteiger partial charge in [-0.05, 0) is 19.2 Å². The van der Waals surface area contributed by atoms with Gasteiger partial charge < -0.3 is 14.9 Å².